The number of carbonyl (C=O) groups is 2. The normalized spacial score (nSPS) is 17.6. The third-order valence-corrected chi connectivity index (χ3v) is 8.41. The van der Waals surface area contributed by atoms with E-state index in [0.29, 0.717) is 5.69 Å². The van der Waals surface area contributed by atoms with Crippen molar-refractivity contribution in [1.82, 2.24) is 4.72 Å². The summed E-state index contributed by atoms with van der Waals surface area (Å²) in [7, 11) is -7.17. The minimum absolute atomic E-state index is 0.0534. The van der Waals surface area contributed by atoms with Crippen LogP contribution in [0.2, 0.25) is 0 Å². The van der Waals surface area contributed by atoms with Gasteiger partial charge in [0.2, 0.25) is 10.0 Å². The molecule has 1 unspecified atom stereocenters. The van der Waals surface area contributed by atoms with Crippen LogP contribution in [0, 0.1) is 0 Å². The first-order valence-corrected chi connectivity index (χ1v) is 13.7. The topological polar surface area (TPSA) is 127 Å². The van der Waals surface area contributed by atoms with Gasteiger partial charge in [-0.05, 0) is 56.7 Å². The minimum atomic E-state index is -3.94. The Hall–Kier alpha value is -2.76. The van der Waals surface area contributed by atoms with E-state index in [1.165, 1.54) is 29.2 Å². The average molecular weight is 495 g/mol. The van der Waals surface area contributed by atoms with Gasteiger partial charge in [0, 0.05) is 17.8 Å². The third-order valence-electron chi connectivity index (χ3n) is 5.10. The van der Waals surface area contributed by atoms with E-state index in [-0.39, 0.29) is 40.3 Å². The van der Waals surface area contributed by atoms with Gasteiger partial charge in [-0.25, -0.2) is 26.4 Å². The molecule has 33 heavy (non-hydrogen) atoms. The van der Waals surface area contributed by atoms with Crippen LogP contribution in [-0.2, 0) is 29.4 Å². The molecule has 0 spiro atoms. The van der Waals surface area contributed by atoms with Crippen LogP contribution in [0.1, 0.15) is 30.6 Å². The number of esters is 1. The molecule has 1 atom stereocenters. The maximum atomic E-state index is 12.6. The van der Waals surface area contributed by atoms with Gasteiger partial charge in [0.15, 0.2) is 16.4 Å². The van der Waals surface area contributed by atoms with E-state index in [2.05, 4.69) is 4.72 Å². The molecule has 9 nitrogen and oxygen atoms in total. The second-order valence-electron chi connectivity index (χ2n) is 8.01. The first-order chi connectivity index (χ1) is 15.5. The smallest absolute Gasteiger partial charge is 0.338 e. The van der Waals surface area contributed by atoms with E-state index >= 15 is 0 Å². The highest BCUT2D eigenvalue weighted by Crippen LogP contribution is 2.18. The molecule has 3 rings (SSSR count). The molecule has 0 radical (unpaired) electrons. The summed E-state index contributed by atoms with van der Waals surface area (Å²) in [6, 6.07) is 13.2. The van der Waals surface area contributed by atoms with Gasteiger partial charge in [0.25, 0.3) is 5.91 Å². The van der Waals surface area contributed by atoms with Crippen molar-refractivity contribution in [3.8, 4) is 0 Å². The Kier molecular flexibility index (Phi) is 7.55. The number of sulfone groups is 1. The zero-order valence-electron chi connectivity index (χ0n) is 18.3. The summed E-state index contributed by atoms with van der Waals surface area (Å²) in [5.74, 6) is -1.44. The second kappa shape index (κ2) is 10.0. The van der Waals surface area contributed by atoms with Crippen LogP contribution in [0.15, 0.2) is 59.5 Å². The molecule has 1 fully saturated rings. The molecule has 178 valence electrons. The number of carbonyl (C=O) groups excluding carboxylic acids is 2. The molecule has 11 heteroatoms. The lowest BCUT2D eigenvalue weighted by Gasteiger charge is -2.26. The number of nitrogens with one attached hydrogen (secondary N) is 1. The quantitative estimate of drug-likeness (QED) is 0.554. The summed E-state index contributed by atoms with van der Waals surface area (Å²) < 4.78 is 55.6. The number of nitrogens with zero attached hydrogens (tertiary/aromatic N) is 1. The van der Waals surface area contributed by atoms with Crippen molar-refractivity contribution in [1.29, 1.82) is 0 Å². The van der Waals surface area contributed by atoms with E-state index in [0.717, 1.165) is 0 Å². The third kappa shape index (κ3) is 6.40. The lowest BCUT2D eigenvalue weighted by atomic mass is 10.2. The molecule has 2 aromatic carbocycles. The van der Waals surface area contributed by atoms with Crippen LogP contribution in [0.5, 0.6) is 0 Å². The maximum absolute atomic E-state index is 12.6. The molecule has 2 aromatic rings. The number of hydrogen-bond donors (Lipinski definition) is 1. The number of sulfonamides is 1. The average Bonchev–Trinajstić information content (AvgIpc) is 3.10. The number of para-hydroxylation sites is 1. The van der Waals surface area contributed by atoms with E-state index in [1.807, 2.05) is 19.9 Å². The standard InChI is InChI=1S/C22H26N2O7S2/c1-16(2)24(19-6-4-3-5-7-19)21(25)14-31-22(26)17-8-10-20(11-9-17)33(29,30)23-18-12-13-32(27,28)15-18/h3-11,16,18,23H,12-15H2,1-2H3. The zero-order valence-corrected chi connectivity index (χ0v) is 19.9. The van der Waals surface area contributed by atoms with Gasteiger partial charge in [-0.2, -0.15) is 0 Å². The number of rotatable bonds is 8. The van der Waals surface area contributed by atoms with Crippen molar-refractivity contribution >= 4 is 37.4 Å². The molecule has 0 aliphatic carbocycles. The van der Waals surface area contributed by atoms with Crippen LogP contribution in [0.25, 0.3) is 0 Å². The number of anilines is 1. The van der Waals surface area contributed by atoms with Crippen molar-refractivity contribution in [3.63, 3.8) is 0 Å². The maximum Gasteiger partial charge on any atom is 0.338 e. The fourth-order valence-electron chi connectivity index (χ4n) is 3.54. The Bertz CT molecular complexity index is 1210. The van der Waals surface area contributed by atoms with Crippen molar-refractivity contribution in [2.45, 2.75) is 37.2 Å². The Morgan fingerprint density at radius 1 is 1.09 bits per heavy atom. The van der Waals surface area contributed by atoms with Crippen LogP contribution >= 0.6 is 0 Å². The lowest BCUT2D eigenvalue weighted by Crippen LogP contribution is -2.39. The molecular weight excluding hydrogens is 468 g/mol. The SMILES string of the molecule is CC(C)N(C(=O)COC(=O)c1ccc(S(=O)(=O)NC2CCS(=O)(=O)C2)cc1)c1ccccc1. The first-order valence-electron chi connectivity index (χ1n) is 10.4. The summed E-state index contributed by atoms with van der Waals surface area (Å²) in [6.07, 6.45) is 0.219. The predicted octanol–water partition coefficient (Wildman–Crippen LogP) is 1.75. The molecule has 0 saturated carbocycles. The summed E-state index contributed by atoms with van der Waals surface area (Å²) in [5, 5.41) is 0. The highest BCUT2D eigenvalue weighted by Gasteiger charge is 2.31. The number of ether oxygens (including phenoxy) is 1. The predicted molar refractivity (Wildman–Crippen MR) is 123 cm³/mol. The Morgan fingerprint density at radius 2 is 1.73 bits per heavy atom. The highest BCUT2D eigenvalue weighted by molar-refractivity contribution is 7.92. The molecular formula is C22H26N2O7S2. The zero-order chi connectivity index (χ0) is 24.2. The summed E-state index contributed by atoms with van der Waals surface area (Å²) in [6.45, 7) is 3.23. The Labute approximate surface area is 193 Å². The minimum Gasteiger partial charge on any atom is -0.452 e. The highest BCUT2D eigenvalue weighted by atomic mass is 32.2. The summed E-state index contributed by atoms with van der Waals surface area (Å²) >= 11 is 0. The van der Waals surface area contributed by atoms with Gasteiger partial charge in [0.05, 0.1) is 22.0 Å². The first kappa shape index (κ1) is 24.9. The molecule has 0 bridgehead atoms. The largest absolute Gasteiger partial charge is 0.452 e. The molecule has 1 amide bonds. The van der Waals surface area contributed by atoms with Crippen LogP contribution < -0.4 is 9.62 Å². The molecule has 1 aliphatic heterocycles. The van der Waals surface area contributed by atoms with Crippen molar-refractivity contribution in [2.75, 3.05) is 23.0 Å². The lowest BCUT2D eigenvalue weighted by molar-refractivity contribution is -0.122. The number of amides is 1. The van der Waals surface area contributed by atoms with Crippen LogP contribution in [0.3, 0.4) is 0 Å². The molecule has 0 aromatic heterocycles. The van der Waals surface area contributed by atoms with E-state index in [4.69, 9.17) is 4.74 Å². The van der Waals surface area contributed by atoms with Crippen molar-refractivity contribution in [3.05, 3.63) is 60.2 Å². The second-order valence-corrected chi connectivity index (χ2v) is 12.0. The summed E-state index contributed by atoms with van der Waals surface area (Å²) in [4.78, 5) is 26.4. The van der Waals surface area contributed by atoms with Crippen molar-refractivity contribution in [2.24, 2.45) is 0 Å². The van der Waals surface area contributed by atoms with Crippen molar-refractivity contribution < 1.29 is 31.2 Å². The van der Waals surface area contributed by atoms with Gasteiger partial charge < -0.3 is 9.64 Å². The fraction of sp³-hybridized carbons (Fsp3) is 0.364. The molecule has 1 heterocycles. The fourth-order valence-corrected chi connectivity index (χ4v) is 6.59. The van der Waals surface area contributed by atoms with Gasteiger partial charge >= 0.3 is 5.97 Å². The summed E-state index contributed by atoms with van der Waals surface area (Å²) in [5.41, 5.74) is 0.770. The molecule has 1 aliphatic rings. The molecule has 1 saturated heterocycles. The number of benzene rings is 2. The van der Waals surface area contributed by atoms with E-state index in [1.54, 1.807) is 24.3 Å². The van der Waals surface area contributed by atoms with Gasteiger partial charge in [-0.3, -0.25) is 4.79 Å². The van der Waals surface area contributed by atoms with Crippen LogP contribution in [-0.4, -0.2) is 58.9 Å². The monoisotopic (exact) mass is 494 g/mol. The van der Waals surface area contributed by atoms with Gasteiger partial charge in [-0.15, -0.1) is 0 Å². The van der Waals surface area contributed by atoms with Gasteiger partial charge in [-0.1, -0.05) is 18.2 Å². The number of hydrogen-bond acceptors (Lipinski definition) is 7. The molecule has 1 N–H and O–H groups in total. The van der Waals surface area contributed by atoms with E-state index in [9.17, 15) is 26.4 Å². The van der Waals surface area contributed by atoms with Gasteiger partial charge in [0.1, 0.15) is 0 Å². The van der Waals surface area contributed by atoms with E-state index < -0.39 is 38.5 Å². The van der Waals surface area contributed by atoms with Crippen LogP contribution in [0.4, 0.5) is 5.69 Å². The Balaban J connectivity index is 1.61. The Morgan fingerprint density at radius 3 is 2.27 bits per heavy atom.